The van der Waals surface area contributed by atoms with Crippen molar-refractivity contribution in [2.45, 2.75) is 46.6 Å². The van der Waals surface area contributed by atoms with Crippen molar-refractivity contribution in [1.82, 2.24) is 5.32 Å². The molecule has 0 radical (unpaired) electrons. The summed E-state index contributed by atoms with van der Waals surface area (Å²) in [5.41, 5.74) is 8.39. The highest BCUT2D eigenvalue weighted by atomic mass is 16.5. The van der Waals surface area contributed by atoms with Crippen LogP contribution in [0.15, 0.2) is 47.4 Å². The van der Waals surface area contributed by atoms with Crippen LogP contribution in [0.2, 0.25) is 0 Å². The Labute approximate surface area is 155 Å². The topological polar surface area (TPSA) is 96.9 Å². The van der Waals surface area contributed by atoms with E-state index in [2.05, 4.69) is 23.8 Å². The predicted molar refractivity (Wildman–Crippen MR) is 105 cm³/mol. The molecule has 6 nitrogen and oxygen atoms in total. The maximum atomic E-state index is 11.1. The van der Waals surface area contributed by atoms with E-state index in [0.717, 1.165) is 30.5 Å². The number of amidine groups is 1. The van der Waals surface area contributed by atoms with Crippen molar-refractivity contribution in [3.8, 4) is 0 Å². The number of nitrogens with zero attached hydrogens (tertiary/aromatic N) is 1. The van der Waals surface area contributed by atoms with E-state index in [-0.39, 0.29) is 5.56 Å². The zero-order valence-corrected chi connectivity index (χ0v) is 15.8. The molecule has 0 saturated carbocycles. The van der Waals surface area contributed by atoms with Crippen LogP contribution < -0.4 is 11.1 Å². The highest BCUT2D eigenvalue weighted by Gasteiger charge is 2.10. The van der Waals surface area contributed by atoms with Crippen LogP contribution >= 0.6 is 0 Å². The summed E-state index contributed by atoms with van der Waals surface area (Å²) in [6.45, 7) is 10.9. The van der Waals surface area contributed by atoms with E-state index in [0.29, 0.717) is 30.3 Å². The Morgan fingerprint density at radius 2 is 2.12 bits per heavy atom. The number of ether oxygens (including phenoxy) is 1. The first kappa shape index (κ1) is 21.3. The smallest absolute Gasteiger partial charge is 0.335 e. The molecule has 0 unspecified atom stereocenters. The molecule has 0 aliphatic heterocycles. The van der Waals surface area contributed by atoms with Gasteiger partial charge in [0, 0.05) is 6.54 Å². The zero-order chi connectivity index (χ0) is 19.5. The van der Waals surface area contributed by atoms with E-state index in [1.54, 1.807) is 31.3 Å². The molecule has 0 heterocycles. The van der Waals surface area contributed by atoms with Crippen molar-refractivity contribution in [1.29, 1.82) is 0 Å². The molecule has 0 aliphatic carbocycles. The Morgan fingerprint density at radius 1 is 1.38 bits per heavy atom. The van der Waals surface area contributed by atoms with Crippen molar-refractivity contribution in [2.24, 2.45) is 10.7 Å². The molecule has 0 saturated heterocycles. The van der Waals surface area contributed by atoms with Gasteiger partial charge in [0.1, 0.15) is 6.61 Å². The average Bonchev–Trinajstić information content (AvgIpc) is 2.61. The number of nitrogens with two attached hydrogens (primary N) is 1. The highest BCUT2D eigenvalue weighted by molar-refractivity contribution is 5.87. The van der Waals surface area contributed by atoms with Crippen molar-refractivity contribution < 1.29 is 14.6 Å². The van der Waals surface area contributed by atoms with Crippen LogP contribution in [0.3, 0.4) is 0 Å². The molecule has 0 atom stereocenters. The van der Waals surface area contributed by atoms with Gasteiger partial charge in [-0.1, -0.05) is 32.9 Å². The number of hydrogen-bond donors (Lipinski definition) is 3. The molecule has 1 rings (SSSR count). The number of hydrogen-bond acceptors (Lipinski definition) is 4. The van der Waals surface area contributed by atoms with Crippen molar-refractivity contribution in [2.75, 3.05) is 6.54 Å². The highest BCUT2D eigenvalue weighted by Crippen LogP contribution is 2.18. The van der Waals surface area contributed by atoms with E-state index in [4.69, 9.17) is 15.6 Å². The largest absolute Gasteiger partial charge is 0.485 e. The fourth-order valence-corrected chi connectivity index (χ4v) is 2.25. The first-order valence-corrected chi connectivity index (χ1v) is 8.80. The molecule has 1 aromatic carbocycles. The standard InChI is InChI=1S/C20H29N3O3/c1-5-7-10-22-14(3)19(12-23-15(4)21)26-13-18-9-8-17(20(24)25)11-16(18)6-2/h8-9,11-12,22H,3,5-7,10,13H2,1-2,4H3,(H2,21,23)(H,24,25)/b19-12+. The number of carboxylic acid groups (broad SMARTS) is 1. The molecular formula is C20H29N3O3. The minimum atomic E-state index is -0.936. The Bertz CT molecular complexity index is 690. The van der Waals surface area contributed by atoms with Crippen molar-refractivity contribution >= 4 is 11.8 Å². The van der Waals surface area contributed by atoms with Crippen LogP contribution in [-0.4, -0.2) is 23.5 Å². The lowest BCUT2D eigenvalue weighted by molar-refractivity contribution is 0.0696. The molecule has 0 bridgehead atoms. The van der Waals surface area contributed by atoms with Gasteiger partial charge in [0.05, 0.1) is 23.3 Å². The lowest BCUT2D eigenvalue weighted by atomic mass is 10.0. The fourth-order valence-electron chi connectivity index (χ4n) is 2.25. The van der Waals surface area contributed by atoms with E-state index >= 15 is 0 Å². The first-order valence-electron chi connectivity index (χ1n) is 8.80. The fraction of sp³-hybridized carbons (Fsp3) is 0.400. The lowest BCUT2D eigenvalue weighted by Crippen LogP contribution is -2.17. The molecule has 26 heavy (non-hydrogen) atoms. The number of benzene rings is 1. The molecule has 1 aromatic rings. The quantitative estimate of drug-likeness (QED) is 0.184. The zero-order valence-electron chi connectivity index (χ0n) is 15.8. The number of aliphatic imine (C=N–C) groups is 1. The summed E-state index contributed by atoms with van der Waals surface area (Å²) in [6, 6.07) is 5.05. The summed E-state index contributed by atoms with van der Waals surface area (Å²) in [4.78, 5) is 15.2. The minimum Gasteiger partial charge on any atom is -0.485 e. The molecule has 142 valence electrons. The summed E-state index contributed by atoms with van der Waals surface area (Å²) >= 11 is 0. The third-order valence-electron chi connectivity index (χ3n) is 3.77. The predicted octanol–water partition coefficient (Wildman–Crippen LogP) is 3.59. The van der Waals surface area contributed by atoms with Gasteiger partial charge in [-0.3, -0.25) is 0 Å². The lowest BCUT2D eigenvalue weighted by Gasteiger charge is -2.16. The summed E-state index contributed by atoms with van der Waals surface area (Å²) in [5.74, 6) is -0.00297. The molecule has 0 aromatic heterocycles. The summed E-state index contributed by atoms with van der Waals surface area (Å²) in [6.07, 6.45) is 4.38. The van der Waals surface area contributed by atoms with E-state index in [1.165, 1.54) is 0 Å². The summed E-state index contributed by atoms with van der Waals surface area (Å²) in [7, 11) is 0. The monoisotopic (exact) mass is 359 g/mol. The summed E-state index contributed by atoms with van der Waals surface area (Å²) < 4.78 is 5.90. The van der Waals surface area contributed by atoms with Gasteiger partial charge in [-0.25, -0.2) is 9.79 Å². The van der Waals surface area contributed by atoms with Crippen LogP contribution in [0.25, 0.3) is 0 Å². The maximum absolute atomic E-state index is 11.1. The van der Waals surface area contributed by atoms with Crippen LogP contribution in [0, 0.1) is 0 Å². The molecule has 0 spiro atoms. The van der Waals surface area contributed by atoms with Crippen molar-refractivity contribution in [3.05, 3.63) is 59.1 Å². The normalized spacial score (nSPS) is 12.0. The number of carboxylic acids is 1. The summed E-state index contributed by atoms with van der Waals surface area (Å²) in [5, 5.41) is 12.3. The SMILES string of the molecule is C=C(NCCCC)/C(=C\N=C(C)N)OCc1ccc(C(=O)O)cc1CC. The molecule has 0 amide bonds. The average molecular weight is 359 g/mol. The number of rotatable bonds is 11. The Balaban J connectivity index is 2.92. The number of unbranched alkanes of at least 4 members (excludes halogenated alkanes) is 1. The van der Waals surface area contributed by atoms with Gasteiger partial charge in [0.2, 0.25) is 0 Å². The van der Waals surface area contributed by atoms with Gasteiger partial charge in [-0.2, -0.15) is 0 Å². The second-order valence-corrected chi connectivity index (χ2v) is 5.95. The van der Waals surface area contributed by atoms with Gasteiger partial charge in [0.25, 0.3) is 0 Å². The number of carbonyl (C=O) groups is 1. The number of nitrogens with one attached hydrogen (secondary N) is 1. The first-order chi connectivity index (χ1) is 12.4. The van der Waals surface area contributed by atoms with Gasteiger partial charge in [-0.05, 0) is 43.0 Å². The van der Waals surface area contributed by atoms with Crippen LogP contribution in [0.1, 0.15) is 55.1 Å². The Morgan fingerprint density at radius 3 is 2.69 bits per heavy atom. The Kier molecular flexibility index (Phi) is 8.98. The van der Waals surface area contributed by atoms with Crippen LogP contribution in [0.5, 0.6) is 0 Å². The third kappa shape index (κ3) is 7.01. The maximum Gasteiger partial charge on any atom is 0.335 e. The third-order valence-corrected chi connectivity index (χ3v) is 3.77. The van der Waals surface area contributed by atoms with Gasteiger partial charge in [0.15, 0.2) is 5.76 Å². The second kappa shape index (κ2) is 11.0. The van der Waals surface area contributed by atoms with Gasteiger partial charge >= 0.3 is 5.97 Å². The molecule has 0 aliphatic rings. The van der Waals surface area contributed by atoms with Crippen LogP contribution in [0.4, 0.5) is 0 Å². The van der Waals surface area contributed by atoms with E-state index in [9.17, 15) is 4.79 Å². The minimum absolute atomic E-state index is 0.273. The van der Waals surface area contributed by atoms with Gasteiger partial charge in [-0.15, -0.1) is 0 Å². The second-order valence-electron chi connectivity index (χ2n) is 5.95. The van der Waals surface area contributed by atoms with E-state index in [1.807, 2.05) is 6.92 Å². The molecular weight excluding hydrogens is 330 g/mol. The molecule has 4 N–H and O–H groups in total. The van der Waals surface area contributed by atoms with Gasteiger partial charge < -0.3 is 20.9 Å². The number of aromatic carboxylic acids is 1. The van der Waals surface area contributed by atoms with Crippen molar-refractivity contribution in [3.63, 3.8) is 0 Å². The molecule has 6 heteroatoms. The molecule has 0 fully saturated rings. The number of aryl methyl sites for hydroxylation is 1. The van der Waals surface area contributed by atoms with Crippen LogP contribution in [-0.2, 0) is 17.8 Å². The Hall–Kier alpha value is -2.76. The van der Waals surface area contributed by atoms with E-state index < -0.39 is 5.97 Å².